The highest BCUT2D eigenvalue weighted by molar-refractivity contribution is 5.80. The molecule has 0 aliphatic carbocycles. The number of nitrogens with zero attached hydrogens (tertiary/aromatic N) is 1. The Hall–Kier alpha value is -0.650. The molecule has 1 N–H and O–H groups in total. The summed E-state index contributed by atoms with van der Waals surface area (Å²) in [5, 5.41) is 3.34. The van der Waals surface area contributed by atoms with Gasteiger partial charge in [-0.15, -0.1) is 0 Å². The number of carbonyl (C=O) groups excluding carboxylic acids is 1. The fraction of sp³-hybridized carbons (Fsp3) is 0.933. The van der Waals surface area contributed by atoms with Crippen LogP contribution in [0.15, 0.2) is 0 Å². The lowest BCUT2D eigenvalue weighted by Gasteiger charge is -2.39. The van der Waals surface area contributed by atoms with E-state index in [2.05, 4.69) is 10.2 Å². The van der Waals surface area contributed by atoms with Gasteiger partial charge in [-0.05, 0) is 47.1 Å². The average Bonchev–Trinajstić information content (AvgIpc) is 2.37. The maximum atomic E-state index is 12.1. The van der Waals surface area contributed by atoms with Crippen LogP contribution in [0.25, 0.3) is 0 Å². The lowest BCUT2D eigenvalue weighted by molar-refractivity contribution is -0.149. The number of hydrogen-bond donors (Lipinski definition) is 1. The minimum absolute atomic E-state index is 0.204. The smallest absolute Gasteiger partial charge is 0.327 e. The molecule has 2 atom stereocenters. The second-order valence-electron chi connectivity index (χ2n) is 6.08. The molecule has 0 aromatic rings. The van der Waals surface area contributed by atoms with Crippen LogP contribution < -0.4 is 5.32 Å². The fourth-order valence-electron chi connectivity index (χ4n) is 3.01. The summed E-state index contributed by atoms with van der Waals surface area (Å²) in [5.74, 6) is -0.204. The van der Waals surface area contributed by atoms with Crippen molar-refractivity contribution in [3.05, 3.63) is 0 Å². The van der Waals surface area contributed by atoms with E-state index in [0.29, 0.717) is 6.54 Å². The summed E-state index contributed by atoms with van der Waals surface area (Å²) >= 11 is 0. The zero-order valence-corrected chi connectivity index (χ0v) is 13.6. The van der Waals surface area contributed by atoms with Crippen molar-refractivity contribution in [3.63, 3.8) is 0 Å². The number of likely N-dealkylation sites (tertiary alicyclic amines) is 1. The molecule has 0 bridgehead atoms. The van der Waals surface area contributed by atoms with Crippen LogP contribution >= 0.6 is 0 Å². The van der Waals surface area contributed by atoms with Gasteiger partial charge in [0.15, 0.2) is 0 Å². The lowest BCUT2D eigenvalue weighted by atomic mass is 9.98. The summed E-state index contributed by atoms with van der Waals surface area (Å²) in [5.41, 5.74) is -0.670. The summed E-state index contributed by atoms with van der Waals surface area (Å²) in [6.07, 6.45) is 2.51. The van der Waals surface area contributed by atoms with Crippen LogP contribution in [-0.2, 0) is 14.3 Å². The maximum absolute atomic E-state index is 12.1. The van der Waals surface area contributed by atoms with Gasteiger partial charge in [0, 0.05) is 25.7 Å². The number of piperidine rings is 1. The second-order valence-corrected chi connectivity index (χ2v) is 6.08. The van der Waals surface area contributed by atoms with E-state index in [1.807, 2.05) is 27.7 Å². The number of ether oxygens (including phenoxy) is 2. The molecule has 118 valence electrons. The van der Waals surface area contributed by atoms with Gasteiger partial charge in [0.2, 0.25) is 0 Å². The Labute approximate surface area is 123 Å². The third kappa shape index (κ3) is 5.04. The van der Waals surface area contributed by atoms with E-state index in [1.165, 1.54) is 7.11 Å². The third-order valence-corrected chi connectivity index (χ3v) is 3.65. The minimum atomic E-state index is -0.670. The molecule has 1 heterocycles. The van der Waals surface area contributed by atoms with Crippen LogP contribution in [0.4, 0.5) is 0 Å². The maximum Gasteiger partial charge on any atom is 0.327 e. The molecule has 0 aromatic heterocycles. The van der Waals surface area contributed by atoms with Gasteiger partial charge in [-0.25, -0.2) is 0 Å². The van der Waals surface area contributed by atoms with Gasteiger partial charge in [0.05, 0.1) is 13.2 Å². The summed E-state index contributed by atoms with van der Waals surface area (Å²) in [7, 11) is 1.45. The predicted molar refractivity (Wildman–Crippen MR) is 79.8 cm³/mol. The Morgan fingerprint density at radius 2 is 2.20 bits per heavy atom. The number of carbonyl (C=O) groups is 1. The number of esters is 1. The first-order valence-electron chi connectivity index (χ1n) is 7.61. The van der Waals surface area contributed by atoms with E-state index in [4.69, 9.17) is 9.47 Å². The molecule has 0 radical (unpaired) electrons. The summed E-state index contributed by atoms with van der Waals surface area (Å²) in [4.78, 5) is 14.4. The first-order chi connectivity index (χ1) is 9.41. The lowest BCUT2D eigenvalue weighted by Crippen LogP contribution is -2.60. The molecule has 0 saturated carbocycles. The van der Waals surface area contributed by atoms with Gasteiger partial charge < -0.3 is 9.47 Å². The summed E-state index contributed by atoms with van der Waals surface area (Å²) in [6, 6.07) is 0.228. The van der Waals surface area contributed by atoms with Crippen LogP contribution in [0.2, 0.25) is 0 Å². The van der Waals surface area contributed by atoms with Gasteiger partial charge in [0.1, 0.15) is 5.54 Å². The molecule has 0 aromatic carbocycles. The number of nitrogens with one attached hydrogen (secondary N) is 1. The molecule has 5 nitrogen and oxygen atoms in total. The van der Waals surface area contributed by atoms with Gasteiger partial charge in [-0.2, -0.15) is 0 Å². The third-order valence-electron chi connectivity index (χ3n) is 3.65. The van der Waals surface area contributed by atoms with E-state index >= 15 is 0 Å². The molecule has 1 aliphatic heterocycles. The van der Waals surface area contributed by atoms with Crippen LogP contribution in [-0.4, -0.2) is 61.9 Å². The Balaban J connectivity index is 2.66. The monoisotopic (exact) mass is 286 g/mol. The quantitative estimate of drug-likeness (QED) is 0.717. The minimum Gasteiger partial charge on any atom is -0.468 e. The summed E-state index contributed by atoms with van der Waals surface area (Å²) < 4.78 is 10.7. The van der Waals surface area contributed by atoms with Crippen molar-refractivity contribution in [3.8, 4) is 0 Å². The molecular formula is C15H30N2O3. The van der Waals surface area contributed by atoms with E-state index in [-0.39, 0.29) is 18.1 Å². The number of methoxy groups -OCH3 is 1. The van der Waals surface area contributed by atoms with Crippen molar-refractivity contribution in [1.82, 2.24) is 10.2 Å². The van der Waals surface area contributed by atoms with Crippen molar-refractivity contribution in [2.24, 2.45) is 0 Å². The Bertz CT molecular complexity index is 307. The Morgan fingerprint density at radius 3 is 2.75 bits per heavy atom. The van der Waals surface area contributed by atoms with Crippen molar-refractivity contribution in [2.45, 2.75) is 58.2 Å². The van der Waals surface area contributed by atoms with Crippen molar-refractivity contribution >= 4 is 5.97 Å². The first kappa shape index (κ1) is 17.4. The predicted octanol–water partition coefficient (Wildman–Crippen LogP) is 1.42. The molecule has 2 unspecified atom stereocenters. The van der Waals surface area contributed by atoms with E-state index in [1.54, 1.807) is 0 Å². The average molecular weight is 286 g/mol. The van der Waals surface area contributed by atoms with Crippen LogP contribution in [0.5, 0.6) is 0 Å². The van der Waals surface area contributed by atoms with Gasteiger partial charge >= 0.3 is 5.97 Å². The standard InChI is InChI=1S/C15H30N2O3/c1-6-20-13-8-7-9-17(10-13)11-15(4,14(18)19-5)16-12(2)3/h12-13,16H,6-11H2,1-5H3. The molecular weight excluding hydrogens is 256 g/mol. The highest BCUT2D eigenvalue weighted by Gasteiger charge is 2.37. The topological polar surface area (TPSA) is 50.8 Å². The van der Waals surface area contributed by atoms with Gasteiger partial charge in [0.25, 0.3) is 0 Å². The molecule has 1 saturated heterocycles. The van der Waals surface area contributed by atoms with E-state index < -0.39 is 5.54 Å². The molecule has 1 rings (SSSR count). The molecule has 1 fully saturated rings. The fourth-order valence-corrected chi connectivity index (χ4v) is 3.01. The Kier molecular flexibility index (Phi) is 6.92. The molecule has 20 heavy (non-hydrogen) atoms. The highest BCUT2D eigenvalue weighted by atomic mass is 16.5. The molecule has 0 amide bonds. The van der Waals surface area contributed by atoms with Gasteiger partial charge in [-0.1, -0.05) is 0 Å². The van der Waals surface area contributed by atoms with Crippen LogP contribution in [0, 0.1) is 0 Å². The summed E-state index contributed by atoms with van der Waals surface area (Å²) in [6.45, 7) is 11.3. The largest absolute Gasteiger partial charge is 0.468 e. The molecule has 5 heteroatoms. The molecule has 0 spiro atoms. The zero-order valence-electron chi connectivity index (χ0n) is 13.6. The van der Waals surface area contributed by atoms with Crippen molar-refractivity contribution < 1.29 is 14.3 Å². The van der Waals surface area contributed by atoms with E-state index in [0.717, 1.165) is 32.5 Å². The highest BCUT2D eigenvalue weighted by Crippen LogP contribution is 2.18. The second kappa shape index (κ2) is 7.96. The van der Waals surface area contributed by atoms with E-state index in [9.17, 15) is 4.79 Å². The van der Waals surface area contributed by atoms with Crippen molar-refractivity contribution in [2.75, 3.05) is 33.4 Å². The van der Waals surface area contributed by atoms with Crippen LogP contribution in [0.3, 0.4) is 0 Å². The van der Waals surface area contributed by atoms with Gasteiger partial charge in [-0.3, -0.25) is 15.0 Å². The molecule has 1 aliphatic rings. The van der Waals surface area contributed by atoms with Crippen molar-refractivity contribution in [1.29, 1.82) is 0 Å². The van der Waals surface area contributed by atoms with Crippen LogP contribution in [0.1, 0.15) is 40.5 Å². The first-order valence-corrected chi connectivity index (χ1v) is 7.61. The Morgan fingerprint density at radius 1 is 1.50 bits per heavy atom. The zero-order chi connectivity index (χ0) is 15.2. The number of hydrogen-bond acceptors (Lipinski definition) is 5. The normalized spacial score (nSPS) is 23.6. The SMILES string of the molecule is CCOC1CCCN(CC(C)(NC(C)C)C(=O)OC)C1. The number of rotatable bonds is 7.